The van der Waals surface area contributed by atoms with Crippen molar-refractivity contribution in [2.24, 2.45) is 11.8 Å². The number of rotatable bonds is 3. The molecule has 2 atom stereocenters. The minimum atomic E-state index is -0.958. The quantitative estimate of drug-likeness (QED) is 0.740. The molecule has 2 aromatic rings. The fourth-order valence-electron chi connectivity index (χ4n) is 2.21. The van der Waals surface area contributed by atoms with Crippen LogP contribution in [0, 0.1) is 11.8 Å². The molecule has 0 aliphatic heterocycles. The van der Waals surface area contributed by atoms with E-state index in [2.05, 4.69) is 9.97 Å². The van der Waals surface area contributed by atoms with Gasteiger partial charge in [-0.2, -0.15) is 0 Å². The molecular formula is C12H9ClN2O4. The van der Waals surface area contributed by atoms with Crippen LogP contribution in [0.1, 0.15) is 16.8 Å². The summed E-state index contributed by atoms with van der Waals surface area (Å²) in [7, 11) is 0. The molecule has 7 heteroatoms. The standard InChI is InChI=1S/C12H9ClN2O4/c13-7-1-4(2-8-9(7)15-12(19)14-8)10(16)5-3-6(5)11(17)18/h1-2,5-6H,3H2,(H,17,18)(H2,14,15,19)/t5-,6-/m0/s1. The molecule has 1 saturated carbocycles. The van der Waals surface area contributed by atoms with Crippen molar-refractivity contribution >= 4 is 34.4 Å². The van der Waals surface area contributed by atoms with Gasteiger partial charge in [0.2, 0.25) is 0 Å². The van der Waals surface area contributed by atoms with Gasteiger partial charge in [-0.15, -0.1) is 0 Å². The Balaban J connectivity index is 2.00. The van der Waals surface area contributed by atoms with Gasteiger partial charge in [0.1, 0.15) is 0 Å². The summed E-state index contributed by atoms with van der Waals surface area (Å²) in [4.78, 5) is 39.1. The number of nitrogens with one attached hydrogen (secondary N) is 2. The van der Waals surface area contributed by atoms with Gasteiger partial charge >= 0.3 is 11.7 Å². The molecule has 0 radical (unpaired) electrons. The highest BCUT2D eigenvalue weighted by molar-refractivity contribution is 6.35. The highest BCUT2D eigenvalue weighted by Crippen LogP contribution is 2.41. The number of aromatic nitrogens is 2. The summed E-state index contributed by atoms with van der Waals surface area (Å²) in [6, 6.07) is 2.96. The molecule has 1 aromatic heterocycles. The molecular weight excluding hydrogens is 272 g/mol. The number of hydrogen-bond donors (Lipinski definition) is 3. The van der Waals surface area contributed by atoms with E-state index < -0.39 is 23.5 Å². The maximum atomic E-state index is 12.1. The van der Waals surface area contributed by atoms with Gasteiger partial charge in [0.05, 0.1) is 22.0 Å². The number of imidazole rings is 1. The topological polar surface area (TPSA) is 103 Å². The van der Waals surface area contributed by atoms with Gasteiger partial charge in [0, 0.05) is 11.5 Å². The molecule has 1 heterocycles. The van der Waals surface area contributed by atoms with Crippen molar-refractivity contribution in [3.63, 3.8) is 0 Å². The van der Waals surface area contributed by atoms with Crippen LogP contribution in [-0.4, -0.2) is 26.8 Å². The summed E-state index contributed by atoms with van der Waals surface area (Å²) < 4.78 is 0. The Bertz CT molecular complexity index is 761. The first-order chi connectivity index (χ1) is 8.97. The second kappa shape index (κ2) is 3.96. The van der Waals surface area contributed by atoms with Crippen molar-refractivity contribution in [3.05, 3.63) is 33.2 Å². The summed E-state index contributed by atoms with van der Waals surface area (Å²) in [6.45, 7) is 0. The summed E-state index contributed by atoms with van der Waals surface area (Å²) in [5.41, 5.74) is 0.792. The SMILES string of the molecule is O=C(O)[C@H]1C[C@@H]1C(=O)c1cc(Cl)c2[nH]c(=O)[nH]c2c1. The zero-order chi connectivity index (χ0) is 13.7. The number of H-pyrrole nitrogens is 2. The lowest BCUT2D eigenvalue weighted by molar-refractivity contribution is -0.138. The van der Waals surface area contributed by atoms with E-state index in [1.807, 2.05) is 0 Å². The molecule has 0 bridgehead atoms. The van der Waals surface area contributed by atoms with E-state index in [0.717, 1.165) is 0 Å². The molecule has 1 aliphatic carbocycles. The van der Waals surface area contributed by atoms with Crippen LogP contribution in [0.4, 0.5) is 0 Å². The van der Waals surface area contributed by atoms with Crippen molar-refractivity contribution in [2.75, 3.05) is 0 Å². The number of benzene rings is 1. The van der Waals surface area contributed by atoms with Crippen LogP contribution >= 0.6 is 11.6 Å². The fraction of sp³-hybridized carbons (Fsp3) is 0.250. The molecule has 0 unspecified atom stereocenters. The molecule has 6 nitrogen and oxygen atoms in total. The minimum Gasteiger partial charge on any atom is -0.481 e. The molecule has 0 amide bonds. The molecule has 0 spiro atoms. The van der Waals surface area contributed by atoms with Gasteiger partial charge in [0.25, 0.3) is 0 Å². The summed E-state index contributed by atoms with van der Waals surface area (Å²) in [5, 5.41) is 9.07. The van der Waals surface area contributed by atoms with Crippen LogP contribution in [0.2, 0.25) is 5.02 Å². The van der Waals surface area contributed by atoms with E-state index >= 15 is 0 Å². The lowest BCUT2D eigenvalue weighted by atomic mass is 10.1. The summed E-state index contributed by atoms with van der Waals surface area (Å²) >= 11 is 5.98. The van der Waals surface area contributed by atoms with E-state index in [1.165, 1.54) is 12.1 Å². The van der Waals surface area contributed by atoms with E-state index in [4.69, 9.17) is 16.7 Å². The second-order valence-corrected chi connectivity index (χ2v) is 5.02. The van der Waals surface area contributed by atoms with Crippen molar-refractivity contribution in [2.45, 2.75) is 6.42 Å². The molecule has 98 valence electrons. The van der Waals surface area contributed by atoms with Gasteiger partial charge in [-0.1, -0.05) is 11.6 Å². The first-order valence-electron chi connectivity index (χ1n) is 5.66. The minimum absolute atomic E-state index is 0.252. The third-order valence-corrected chi connectivity index (χ3v) is 3.60. The van der Waals surface area contributed by atoms with Crippen LogP contribution < -0.4 is 5.69 Å². The molecule has 3 N–H and O–H groups in total. The lowest BCUT2D eigenvalue weighted by Crippen LogP contribution is -2.08. The van der Waals surface area contributed by atoms with Gasteiger partial charge in [-0.05, 0) is 18.6 Å². The smallest absolute Gasteiger partial charge is 0.323 e. The number of carbonyl (C=O) groups is 2. The predicted octanol–water partition coefficient (Wildman–Crippen LogP) is 1.41. The molecule has 3 rings (SSSR count). The molecule has 1 aromatic carbocycles. The first kappa shape index (κ1) is 12.0. The maximum Gasteiger partial charge on any atom is 0.323 e. The number of carboxylic acids is 1. The Hall–Kier alpha value is -2.08. The number of Topliss-reactive ketones (excluding diaryl/α,β-unsaturated/α-hetero) is 1. The molecule has 1 aliphatic rings. The third kappa shape index (κ3) is 1.94. The normalized spacial score (nSPS) is 21.5. The predicted molar refractivity (Wildman–Crippen MR) is 67.5 cm³/mol. The Morgan fingerprint density at radius 1 is 1.26 bits per heavy atom. The van der Waals surface area contributed by atoms with Crippen LogP contribution in [0.25, 0.3) is 11.0 Å². The van der Waals surface area contributed by atoms with E-state index in [-0.39, 0.29) is 10.8 Å². The number of carboxylic acid groups (broad SMARTS) is 1. The molecule has 19 heavy (non-hydrogen) atoms. The van der Waals surface area contributed by atoms with Crippen LogP contribution in [0.15, 0.2) is 16.9 Å². The number of hydrogen-bond acceptors (Lipinski definition) is 3. The van der Waals surface area contributed by atoms with Crippen molar-refractivity contribution in [1.82, 2.24) is 9.97 Å². The molecule has 1 fully saturated rings. The Morgan fingerprint density at radius 3 is 2.63 bits per heavy atom. The average molecular weight is 281 g/mol. The highest BCUT2D eigenvalue weighted by Gasteiger charge is 2.48. The van der Waals surface area contributed by atoms with Crippen LogP contribution in [0.5, 0.6) is 0 Å². The zero-order valence-electron chi connectivity index (χ0n) is 9.57. The van der Waals surface area contributed by atoms with Crippen molar-refractivity contribution < 1.29 is 14.7 Å². The average Bonchev–Trinajstić information content (AvgIpc) is 3.05. The van der Waals surface area contributed by atoms with E-state index in [0.29, 0.717) is 23.0 Å². The van der Waals surface area contributed by atoms with Gasteiger partial charge < -0.3 is 15.1 Å². The Morgan fingerprint density at radius 2 is 2.00 bits per heavy atom. The monoisotopic (exact) mass is 280 g/mol. The number of aliphatic carboxylic acids is 1. The van der Waals surface area contributed by atoms with Crippen LogP contribution in [0.3, 0.4) is 0 Å². The first-order valence-corrected chi connectivity index (χ1v) is 6.03. The van der Waals surface area contributed by atoms with Crippen molar-refractivity contribution in [1.29, 1.82) is 0 Å². The largest absolute Gasteiger partial charge is 0.481 e. The number of ketones is 1. The van der Waals surface area contributed by atoms with E-state index in [9.17, 15) is 14.4 Å². The number of halogens is 1. The number of fused-ring (bicyclic) bond motifs is 1. The van der Waals surface area contributed by atoms with Gasteiger partial charge in [0.15, 0.2) is 5.78 Å². The maximum absolute atomic E-state index is 12.1. The second-order valence-electron chi connectivity index (χ2n) is 4.61. The number of aromatic amines is 2. The Kier molecular flexibility index (Phi) is 2.50. The molecule has 0 saturated heterocycles. The lowest BCUT2D eigenvalue weighted by Gasteiger charge is -2.01. The van der Waals surface area contributed by atoms with Crippen LogP contribution in [-0.2, 0) is 4.79 Å². The van der Waals surface area contributed by atoms with Crippen molar-refractivity contribution in [3.8, 4) is 0 Å². The Labute approximate surface area is 111 Å². The van der Waals surface area contributed by atoms with Gasteiger partial charge in [-0.3, -0.25) is 9.59 Å². The number of carbonyl (C=O) groups excluding carboxylic acids is 1. The summed E-state index contributed by atoms with van der Waals surface area (Å²) in [5.74, 6) is -2.30. The van der Waals surface area contributed by atoms with E-state index in [1.54, 1.807) is 0 Å². The zero-order valence-corrected chi connectivity index (χ0v) is 10.3. The fourth-order valence-corrected chi connectivity index (χ4v) is 2.48. The van der Waals surface area contributed by atoms with Gasteiger partial charge in [-0.25, -0.2) is 4.79 Å². The summed E-state index contributed by atoms with van der Waals surface area (Å²) in [6.07, 6.45) is 0.355. The highest BCUT2D eigenvalue weighted by atomic mass is 35.5. The third-order valence-electron chi connectivity index (χ3n) is 3.31.